The third-order valence-electron chi connectivity index (χ3n) is 5.62. The molecule has 3 rings (SSSR count). The van der Waals surface area contributed by atoms with E-state index in [1.54, 1.807) is 0 Å². The molecule has 0 amide bonds. The number of carbonyl (C=O) groups excluding carboxylic acids is 2. The fourth-order valence-corrected chi connectivity index (χ4v) is 4.87. The maximum Gasteiger partial charge on any atom is 0.309 e. The van der Waals surface area contributed by atoms with Crippen molar-refractivity contribution >= 4 is 19.8 Å². The Morgan fingerprint density at radius 1 is 1.12 bits per heavy atom. The monoisotopic (exact) mass is 373 g/mol. The van der Waals surface area contributed by atoms with Crippen molar-refractivity contribution in [2.24, 2.45) is 5.92 Å². The molecule has 2 fully saturated rings. The van der Waals surface area contributed by atoms with Gasteiger partial charge in [-0.1, -0.05) is 50.0 Å². The number of rotatable bonds is 6. The van der Waals surface area contributed by atoms with Crippen LogP contribution in [-0.2, 0) is 20.9 Å². The highest BCUT2D eigenvalue weighted by Crippen LogP contribution is 2.37. The molecule has 2 aliphatic rings. The summed E-state index contributed by atoms with van der Waals surface area (Å²) < 4.78 is 5.60. The summed E-state index contributed by atoms with van der Waals surface area (Å²) in [6.45, 7) is 8.28. The molecule has 0 spiro atoms. The van der Waals surface area contributed by atoms with E-state index in [0.717, 1.165) is 25.4 Å². The highest BCUT2D eigenvalue weighted by atomic mass is 28.3. The molecule has 0 saturated carbocycles. The van der Waals surface area contributed by atoms with Crippen LogP contribution in [0.15, 0.2) is 30.3 Å². The van der Waals surface area contributed by atoms with Crippen LogP contribution in [0.1, 0.15) is 31.2 Å². The standard InChI is InChI=1S/C21H31NO3Si/c1-26(2,3)10-9-25-21(24)17-11-18-13-20(23)14-19(12-17)22(18)15-16-7-5-4-6-8-16/h4-8,17-19H,9-15H2,1-3H3. The number of Topliss-reactive ketones (excluding diaryl/α,β-unsaturated/α-hetero) is 1. The molecule has 2 heterocycles. The van der Waals surface area contributed by atoms with Crippen LogP contribution < -0.4 is 0 Å². The molecule has 0 radical (unpaired) electrons. The van der Waals surface area contributed by atoms with Gasteiger partial charge in [0, 0.05) is 39.5 Å². The summed E-state index contributed by atoms with van der Waals surface area (Å²) >= 11 is 0. The number of hydrogen-bond acceptors (Lipinski definition) is 4. The van der Waals surface area contributed by atoms with E-state index in [2.05, 4.69) is 48.8 Å². The molecule has 0 N–H and O–H groups in total. The van der Waals surface area contributed by atoms with Gasteiger partial charge >= 0.3 is 5.97 Å². The van der Waals surface area contributed by atoms with Gasteiger partial charge in [0.2, 0.25) is 0 Å². The molecule has 4 nitrogen and oxygen atoms in total. The summed E-state index contributed by atoms with van der Waals surface area (Å²) in [6.07, 6.45) is 2.64. The van der Waals surface area contributed by atoms with Crippen LogP contribution in [0, 0.1) is 5.92 Å². The maximum atomic E-state index is 12.6. The molecular formula is C21H31NO3Si. The molecule has 0 aliphatic carbocycles. The number of ketones is 1. The van der Waals surface area contributed by atoms with Crippen molar-refractivity contribution in [2.45, 2.75) is 70.0 Å². The van der Waals surface area contributed by atoms with E-state index in [1.165, 1.54) is 5.56 Å². The van der Waals surface area contributed by atoms with Crippen LogP contribution >= 0.6 is 0 Å². The average Bonchev–Trinajstić information content (AvgIpc) is 2.55. The molecule has 142 valence electrons. The lowest BCUT2D eigenvalue weighted by atomic mass is 9.77. The molecule has 2 saturated heterocycles. The molecule has 2 unspecified atom stereocenters. The minimum Gasteiger partial charge on any atom is -0.466 e. The quantitative estimate of drug-likeness (QED) is 0.561. The first-order valence-electron chi connectivity index (χ1n) is 9.80. The predicted molar refractivity (Wildman–Crippen MR) is 106 cm³/mol. The van der Waals surface area contributed by atoms with E-state index < -0.39 is 8.07 Å². The zero-order valence-corrected chi connectivity index (χ0v) is 17.2. The number of hydrogen-bond donors (Lipinski definition) is 0. The van der Waals surface area contributed by atoms with Crippen LogP contribution in [0.2, 0.25) is 25.7 Å². The van der Waals surface area contributed by atoms with Crippen molar-refractivity contribution in [1.29, 1.82) is 0 Å². The topological polar surface area (TPSA) is 46.6 Å². The van der Waals surface area contributed by atoms with Crippen molar-refractivity contribution in [3.63, 3.8) is 0 Å². The molecule has 5 heteroatoms. The Labute approximate surface area is 157 Å². The molecule has 2 bridgehead atoms. The van der Waals surface area contributed by atoms with E-state index in [4.69, 9.17) is 4.74 Å². The highest BCUT2D eigenvalue weighted by molar-refractivity contribution is 6.76. The van der Waals surface area contributed by atoms with Crippen LogP contribution in [0.5, 0.6) is 0 Å². The van der Waals surface area contributed by atoms with Gasteiger partial charge in [-0.25, -0.2) is 0 Å². The van der Waals surface area contributed by atoms with E-state index in [1.807, 2.05) is 6.07 Å². The molecule has 26 heavy (non-hydrogen) atoms. The van der Waals surface area contributed by atoms with Crippen molar-refractivity contribution in [1.82, 2.24) is 4.90 Å². The number of ether oxygens (including phenoxy) is 1. The van der Waals surface area contributed by atoms with Gasteiger partial charge in [0.25, 0.3) is 0 Å². The second-order valence-electron chi connectivity index (χ2n) is 9.06. The second-order valence-corrected chi connectivity index (χ2v) is 14.7. The Hall–Kier alpha value is -1.46. The zero-order valence-electron chi connectivity index (χ0n) is 16.2. The number of fused-ring (bicyclic) bond motifs is 2. The smallest absolute Gasteiger partial charge is 0.309 e. The fraction of sp³-hybridized carbons (Fsp3) is 0.619. The minimum absolute atomic E-state index is 0.0491. The Bertz CT molecular complexity index is 622. The summed E-state index contributed by atoms with van der Waals surface area (Å²) in [5.41, 5.74) is 1.27. The molecule has 1 aromatic carbocycles. The SMILES string of the molecule is C[Si](C)(C)CCOC(=O)C1CC2CC(=O)CC(C1)N2Cc1ccccc1. The Morgan fingerprint density at radius 3 is 2.31 bits per heavy atom. The Morgan fingerprint density at radius 2 is 1.73 bits per heavy atom. The predicted octanol–water partition coefficient (Wildman–Crippen LogP) is 3.88. The van der Waals surface area contributed by atoms with Gasteiger partial charge in [-0.2, -0.15) is 0 Å². The van der Waals surface area contributed by atoms with Crippen LogP contribution in [-0.4, -0.2) is 43.4 Å². The normalized spacial score (nSPS) is 26.6. The summed E-state index contributed by atoms with van der Waals surface area (Å²) in [5.74, 6) is 0.244. The lowest BCUT2D eigenvalue weighted by molar-refractivity contribution is -0.154. The van der Waals surface area contributed by atoms with Crippen LogP contribution in [0.25, 0.3) is 0 Å². The molecule has 2 aliphatic heterocycles. The third-order valence-corrected chi connectivity index (χ3v) is 7.32. The third kappa shape index (κ3) is 5.04. The van der Waals surface area contributed by atoms with Gasteiger partial charge in [0.15, 0.2) is 0 Å². The number of esters is 1. The molecule has 2 atom stereocenters. The number of nitrogens with zero attached hydrogens (tertiary/aromatic N) is 1. The lowest BCUT2D eigenvalue weighted by Crippen LogP contribution is -2.55. The van der Waals surface area contributed by atoms with E-state index in [9.17, 15) is 9.59 Å². The molecular weight excluding hydrogens is 342 g/mol. The summed E-state index contributed by atoms with van der Waals surface area (Å²) in [7, 11) is -1.19. The van der Waals surface area contributed by atoms with Crippen molar-refractivity contribution in [3.8, 4) is 0 Å². The fourth-order valence-electron chi connectivity index (χ4n) is 4.15. The molecule has 0 aromatic heterocycles. The summed E-state index contributed by atoms with van der Waals surface area (Å²) in [6, 6.07) is 11.8. The largest absolute Gasteiger partial charge is 0.466 e. The first kappa shape index (κ1) is 19.3. The van der Waals surface area contributed by atoms with Gasteiger partial charge < -0.3 is 4.74 Å². The van der Waals surface area contributed by atoms with Crippen molar-refractivity contribution in [2.75, 3.05) is 6.61 Å². The lowest BCUT2D eigenvalue weighted by Gasteiger charge is -2.47. The number of piperidine rings is 2. The van der Waals surface area contributed by atoms with Gasteiger partial charge in [-0.05, 0) is 24.4 Å². The first-order chi connectivity index (χ1) is 12.3. The Balaban J connectivity index is 1.61. The highest BCUT2D eigenvalue weighted by Gasteiger charge is 2.43. The van der Waals surface area contributed by atoms with Gasteiger partial charge in [0.05, 0.1) is 12.5 Å². The zero-order chi connectivity index (χ0) is 18.7. The van der Waals surface area contributed by atoms with E-state index in [0.29, 0.717) is 25.2 Å². The van der Waals surface area contributed by atoms with Gasteiger partial charge in [-0.3, -0.25) is 14.5 Å². The van der Waals surface area contributed by atoms with E-state index >= 15 is 0 Å². The van der Waals surface area contributed by atoms with Crippen LogP contribution in [0.3, 0.4) is 0 Å². The summed E-state index contributed by atoms with van der Waals surface area (Å²) in [5, 5.41) is 0. The first-order valence-corrected chi connectivity index (χ1v) is 13.5. The number of benzene rings is 1. The maximum absolute atomic E-state index is 12.6. The summed E-state index contributed by atoms with van der Waals surface area (Å²) in [4.78, 5) is 27.1. The average molecular weight is 374 g/mol. The van der Waals surface area contributed by atoms with Gasteiger partial charge in [0.1, 0.15) is 5.78 Å². The van der Waals surface area contributed by atoms with Crippen molar-refractivity contribution < 1.29 is 14.3 Å². The van der Waals surface area contributed by atoms with Crippen LogP contribution in [0.4, 0.5) is 0 Å². The Kier molecular flexibility index (Phi) is 5.98. The van der Waals surface area contributed by atoms with Crippen molar-refractivity contribution in [3.05, 3.63) is 35.9 Å². The van der Waals surface area contributed by atoms with Gasteiger partial charge in [-0.15, -0.1) is 0 Å². The molecule has 1 aromatic rings. The minimum atomic E-state index is -1.19. The number of carbonyl (C=O) groups is 2. The van der Waals surface area contributed by atoms with E-state index in [-0.39, 0.29) is 24.0 Å². The second kappa shape index (κ2) is 8.05.